The Balaban J connectivity index is 1.21. The largest absolute Gasteiger partial charge is 0.490 e. The van der Waals surface area contributed by atoms with Crippen LogP contribution in [0.25, 0.3) is 0 Å². The van der Waals surface area contributed by atoms with Crippen LogP contribution in [0.2, 0.25) is 0 Å². The van der Waals surface area contributed by atoms with Gasteiger partial charge in [0.05, 0.1) is 12.2 Å². The maximum Gasteiger partial charge on any atom is 0.326 e. The number of hydrogen-bond donors (Lipinski definition) is 2. The molecule has 0 spiro atoms. The molecule has 1 heterocycles. The maximum atomic E-state index is 13.1. The van der Waals surface area contributed by atoms with E-state index in [1.807, 2.05) is 12.2 Å². The fourth-order valence-corrected chi connectivity index (χ4v) is 5.91. The van der Waals surface area contributed by atoms with Gasteiger partial charge in [-0.1, -0.05) is 49.4 Å². The van der Waals surface area contributed by atoms with Crippen LogP contribution in [0.1, 0.15) is 74.8 Å². The van der Waals surface area contributed by atoms with Crippen LogP contribution < -0.4 is 5.32 Å². The number of allylic oxidation sites excluding steroid dienone is 6. The Morgan fingerprint density at radius 2 is 1.83 bits per heavy atom. The number of benzene rings is 1. The quantitative estimate of drug-likeness (QED) is 0.516. The third-order valence-corrected chi connectivity index (χ3v) is 8.11. The first-order valence-corrected chi connectivity index (χ1v) is 13.3. The van der Waals surface area contributed by atoms with E-state index in [1.54, 1.807) is 4.90 Å². The molecule has 190 valence electrons. The van der Waals surface area contributed by atoms with Crippen LogP contribution in [-0.4, -0.2) is 35.2 Å². The Bertz CT molecular complexity index is 1110. The summed E-state index contributed by atoms with van der Waals surface area (Å²) in [6.07, 6.45) is 16.6. The molecule has 0 bridgehead atoms. The van der Waals surface area contributed by atoms with Crippen molar-refractivity contribution in [1.29, 1.82) is 0 Å². The van der Waals surface area contributed by atoms with Gasteiger partial charge in [-0.15, -0.1) is 0 Å². The minimum absolute atomic E-state index is 0.0928. The van der Waals surface area contributed by atoms with E-state index in [0.717, 1.165) is 55.7 Å². The van der Waals surface area contributed by atoms with Crippen LogP contribution in [0, 0.1) is 11.8 Å². The van der Waals surface area contributed by atoms with Crippen molar-refractivity contribution in [2.45, 2.75) is 63.7 Å². The third-order valence-electron chi connectivity index (χ3n) is 8.11. The average Bonchev–Trinajstić information content (AvgIpc) is 2.89. The van der Waals surface area contributed by atoms with Crippen LogP contribution in [-0.2, 0) is 9.53 Å². The molecule has 0 aromatic heterocycles. The summed E-state index contributed by atoms with van der Waals surface area (Å²) in [5, 5.41) is 12.2. The fraction of sp³-hybridized carbons (Fsp3) is 0.467. The van der Waals surface area contributed by atoms with Gasteiger partial charge in [0, 0.05) is 18.0 Å². The fourth-order valence-electron chi connectivity index (χ4n) is 5.91. The summed E-state index contributed by atoms with van der Waals surface area (Å²) in [6.45, 7) is 3.16. The van der Waals surface area contributed by atoms with E-state index in [1.165, 1.54) is 11.1 Å². The van der Waals surface area contributed by atoms with Crippen LogP contribution in [0.5, 0.6) is 0 Å². The van der Waals surface area contributed by atoms with E-state index in [-0.39, 0.29) is 11.9 Å². The summed E-state index contributed by atoms with van der Waals surface area (Å²) in [7, 11) is 0. The molecule has 1 aromatic carbocycles. The van der Waals surface area contributed by atoms with Crippen molar-refractivity contribution in [3.8, 4) is 0 Å². The highest BCUT2D eigenvalue weighted by atomic mass is 16.5. The summed E-state index contributed by atoms with van der Waals surface area (Å²) >= 11 is 0. The first-order valence-electron chi connectivity index (χ1n) is 13.3. The Morgan fingerprint density at radius 1 is 1.08 bits per heavy atom. The Labute approximate surface area is 213 Å². The monoisotopic (exact) mass is 488 g/mol. The lowest BCUT2D eigenvalue weighted by Crippen LogP contribution is -2.45. The number of morpholine rings is 1. The zero-order valence-corrected chi connectivity index (χ0v) is 21.0. The second-order valence-electron chi connectivity index (χ2n) is 10.6. The Kier molecular flexibility index (Phi) is 7.30. The molecule has 6 nitrogen and oxygen atoms in total. The van der Waals surface area contributed by atoms with Crippen molar-refractivity contribution in [1.82, 2.24) is 10.2 Å². The molecule has 3 aliphatic carbocycles. The van der Waals surface area contributed by atoms with E-state index in [9.17, 15) is 9.59 Å². The lowest BCUT2D eigenvalue weighted by Gasteiger charge is -2.35. The van der Waals surface area contributed by atoms with Gasteiger partial charge in [0.15, 0.2) is 0 Å². The van der Waals surface area contributed by atoms with Gasteiger partial charge in [-0.05, 0) is 79.6 Å². The highest BCUT2D eigenvalue weighted by molar-refractivity contribution is 5.79. The molecular weight excluding hydrogens is 452 g/mol. The van der Waals surface area contributed by atoms with Gasteiger partial charge in [-0.3, -0.25) is 9.69 Å². The normalized spacial score (nSPS) is 27.7. The number of carbonyl (C=O) groups is 2. The van der Waals surface area contributed by atoms with Crippen molar-refractivity contribution >= 4 is 12.0 Å². The molecule has 2 atom stereocenters. The smallest absolute Gasteiger partial charge is 0.326 e. The Hall–Kier alpha value is -3.28. The standard InChI is InChI=1S/C30H36N2O4/c1-20-4-2-3-5-26(20)31-30(35)32-16-17-36-28-19-25(14-15-27(28)32)24-12-10-23(11-13-24)22-8-6-21(7-9-22)18-29(33)34/h2-3,5,10-13,15,19-22,25H,4,6-9,14,16-18H2,1H3,(H,31,35)(H,33,34). The van der Waals surface area contributed by atoms with Gasteiger partial charge in [-0.25, -0.2) is 4.79 Å². The molecular formula is C30H36N2O4. The van der Waals surface area contributed by atoms with Gasteiger partial charge in [-0.2, -0.15) is 0 Å². The number of hydrogen-bond acceptors (Lipinski definition) is 3. The zero-order chi connectivity index (χ0) is 25.1. The third kappa shape index (κ3) is 5.43. The maximum absolute atomic E-state index is 13.1. The highest BCUT2D eigenvalue weighted by Gasteiger charge is 2.31. The van der Waals surface area contributed by atoms with E-state index in [2.05, 4.69) is 54.7 Å². The average molecular weight is 489 g/mol. The second kappa shape index (κ2) is 10.8. The molecule has 0 radical (unpaired) electrons. The molecule has 1 aliphatic heterocycles. The van der Waals surface area contributed by atoms with E-state index in [0.29, 0.717) is 37.3 Å². The van der Waals surface area contributed by atoms with Crippen molar-refractivity contribution in [3.63, 3.8) is 0 Å². The molecule has 2 unspecified atom stereocenters. The van der Waals surface area contributed by atoms with Crippen molar-refractivity contribution in [2.75, 3.05) is 13.2 Å². The molecule has 2 N–H and O–H groups in total. The zero-order valence-electron chi connectivity index (χ0n) is 21.0. The van der Waals surface area contributed by atoms with Crippen LogP contribution in [0.3, 0.4) is 0 Å². The number of carbonyl (C=O) groups excluding carboxylic acids is 1. The number of carboxylic acid groups (broad SMARTS) is 1. The summed E-state index contributed by atoms with van der Waals surface area (Å²) in [5.74, 6) is 1.48. The molecule has 1 saturated heterocycles. The van der Waals surface area contributed by atoms with Gasteiger partial charge >= 0.3 is 12.0 Å². The minimum Gasteiger partial charge on any atom is -0.490 e. The lowest BCUT2D eigenvalue weighted by atomic mass is 9.77. The highest BCUT2D eigenvalue weighted by Crippen LogP contribution is 2.39. The van der Waals surface area contributed by atoms with Gasteiger partial charge in [0.1, 0.15) is 12.4 Å². The number of nitrogens with zero attached hydrogens (tertiary/aromatic N) is 1. The molecule has 2 amide bonds. The number of rotatable bonds is 5. The molecule has 36 heavy (non-hydrogen) atoms. The number of nitrogens with one attached hydrogen (secondary N) is 1. The van der Waals surface area contributed by atoms with Gasteiger partial charge < -0.3 is 15.2 Å². The van der Waals surface area contributed by atoms with E-state index in [4.69, 9.17) is 9.84 Å². The van der Waals surface area contributed by atoms with Crippen molar-refractivity contribution in [3.05, 3.63) is 82.9 Å². The van der Waals surface area contributed by atoms with Crippen LogP contribution >= 0.6 is 0 Å². The van der Waals surface area contributed by atoms with Gasteiger partial charge in [0.2, 0.25) is 0 Å². The van der Waals surface area contributed by atoms with E-state index < -0.39 is 5.97 Å². The number of urea groups is 1. The number of ether oxygens (including phenoxy) is 1. The lowest BCUT2D eigenvalue weighted by molar-refractivity contribution is -0.138. The molecule has 1 aromatic rings. The number of amides is 2. The summed E-state index contributed by atoms with van der Waals surface area (Å²) in [5.41, 5.74) is 4.43. The number of carboxylic acids is 1. The van der Waals surface area contributed by atoms with Crippen LogP contribution in [0.15, 0.2) is 71.8 Å². The molecule has 2 fully saturated rings. The molecule has 5 rings (SSSR count). The predicted molar refractivity (Wildman–Crippen MR) is 139 cm³/mol. The van der Waals surface area contributed by atoms with Crippen LogP contribution in [0.4, 0.5) is 4.79 Å². The van der Waals surface area contributed by atoms with Gasteiger partial charge in [0.25, 0.3) is 0 Å². The molecule has 1 saturated carbocycles. The topological polar surface area (TPSA) is 78.9 Å². The molecule has 4 aliphatic rings. The SMILES string of the molecule is CC1CC=CC=C1NC(=O)N1CCOC2=CC(c3ccc(C4CCC(CC(=O)O)CC4)cc3)CC=C21. The first-order chi connectivity index (χ1) is 17.5. The summed E-state index contributed by atoms with van der Waals surface area (Å²) < 4.78 is 5.99. The molecule has 6 heteroatoms. The summed E-state index contributed by atoms with van der Waals surface area (Å²) in [4.78, 5) is 25.9. The predicted octanol–water partition coefficient (Wildman–Crippen LogP) is 6.21. The summed E-state index contributed by atoms with van der Waals surface area (Å²) in [6, 6.07) is 8.83. The van der Waals surface area contributed by atoms with Crippen molar-refractivity contribution < 1.29 is 19.4 Å². The van der Waals surface area contributed by atoms with Crippen molar-refractivity contribution in [2.24, 2.45) is 11.8 Å². The van der Waals surface area contributed by atoms with E-state index >= 15 is 0 Å². The number of aliphatic carboxylic acids is 1. The first kappa shape index (κ1) is 24.4. The Morgan fingerprint density at radius 3 is 2.56 bits per heavy atom. The second-order valence-corrected chi connectivity index (χ2v) is 10.6. The minimum atomic E-state index is -0.680. The number of fused-ring (bicyclic) bond motifs is 1.